The van der Waals surface area contributed by atoms with Crippen molar-refractivity contribution in [3.05, 3.63) is 139 Å². The minimum Gasteiger partial charge on any atom is -0.457 e. The van der Waals surface area contributed by atoms with Crippen molar-refractivity contribution in [3.63, 3.8) is 0 Å². The zero-order chi connectivity index (χ0) is 32.9. The zero-order valence-electron chi connectivity index (χ0n) is 28.2. The van der Waals surface area contributed by atoms with Gasteiger partial charge in [0.25, 0.3) is 0 Å². The van der Waals surface area contributed by atoms with Crippen molar-refractivity contribution in [2.24, 2.45) is 0 Å². The number of rotatable bonds is 7. The molecule has 0 N–H and O–H groups in total. The number of ether oxygens (including phenoxy) is 1. The van der Waals surface area contributed by atoms with Crippen molar-refractivity contribution in [1.29, 1.82) is 0 Å². The summed E-state index contributed by atoms with van der Waals surface area (Å²) in [7, 11) is 2.13. The average Bonchev–Trinajstić information content (AvgIpc) is 3.62. The molecule has 0 bridgehead atoms. The second-order valence-electron chi connectivity index (χ2n) is 13.4. The number of benzene rings is 5. The Morgan fingerprint density at radius 1 is 0.625 bits per heavy atom. The number of aromatic nitrogens is 2. The van der Waals surface area contributed by atoms with Gasteiger partial charge >= 0.3 is 0 Å². The van der Waals surface area contributed by atoms with Gasteiger partial charge in [0.05, 0.1) is 29.1 Å². The lowest BCUT2D eigenvalue weighted by Gasteiger charge is -2.20. The summed E-state index contributed by atoms with van der Waals surface area (Å²) in [5, 5.41) is 2.36. The van der Waals surface area contributed by atoms with E-state index in [1.54, 1.807) is 0 Å². The first-order chi connectivity index (χ1) is 23.4. The maximum atomic E-state index is 6.59. The van der Waals surface area contributed by atoms with E-state index < -0.39 is 0 Å². The van der Waals surface area contributed by atoms with Crippen LogP contribution in [-0.2, 0) is 0 Å². The number of para-hydroxylation sites is 3. The molecule has 5 aromatic carbocycles. The summed E-state index contributed by atoms with van der Waals surface area (Å²) in [6.07, 6.45) is 1.95. The van der Waals surface area contributed by atoms with Crippen LogP contribution in [-0.4, -0.2) is 23.3 Å². The SMILES string of the molecule is CC(C)c1cccc(C(C)C)c1-c1ccnc(-n2c3ccccc3c3ccc(Oc4cccc(N5CN(C)c6ccccc65)c4)cc32)c1. The summed E-state index contributed by atoms with van der Waals surface area (Å²) in [5.41, 5.74) is 11.0. The summed E-state index contributed by atoms with van der Waals surface area (Å²) >= 11 is 0. The molecule has 3 heterocycles. The van der Waals surface area contributed by atoms with Crippen LogP contribution >= 0.6 is 0 Å². The van der Waals surface area contributed by atoms with Crippen molar-refractivity contribution in [1.82, 2.24) is 9.55 Å². The molecule has 2 aromatic heterocycles. The molecule has 1 aliphatic rings. The van der Waals surface area contributed by atoms with Crippen molar-refractivity contribution in [2.75, 3.05) is 23.5 Å². The number of pyridine rings is 1. The Morgan fingerprint density at radius 2 is 1.31 bits per heavy atom. The quantitative estimate of drug-likeness (QED) is 0.176. The van der Waals surface area contributed by atoms with Crippen LogP contribution in [0.2, 0.25) is 0 Å². The summed E-state index contributed by atoms with van der Waals surface area (Å²) in [6, 6.07) is 43.0. The van der Waals surface area contributed by atoms with Crippen LogP contribution in [0.3, 0.4) is 0 Å². The van der Waals surface area contributed by atoms with E-state index >= 15 is 0 Å². The fourth-order valence-electron chi connectivity index (χ4n) is 7.29. The molecule has 7 aromatic rings. The normalized spacial score (nSPS) is 12.9. The van der Waals surface area contributed by atoms with Gasteiger partial charge in [0.15, 0.2) is 0 Å². The molecule has 0 fully saturated rings. The fourth-order valence-corrected chi connectivity index (χ4v) is 7.29. The Labute approximate surface area is 282 Å². The predicted octanol–water partition coefficient (Wildman–Crippen LogP) is 11.4. The third kappa shape index (κ3) is 5.07. The average molecular weight is 629 g/mol. The molecule has 0 spiro atoms. The molecular weight excluding hydrogens is 589 g/mol. The van der Waals surface area contributed by atoms with Crippen molar-refractivity contribution >= 4 is 38.9 Å². The molecule has 0 atom stereocenters. The third-order valence-electron chi connectivity index (χ3n) is 9.58. The number of nitrogens with zero attached hydrogens (tertiary/aromatic N) is 4. The van der Waals surface area contributed by atoms with Crippen molar-refractivity contribution in [3.8, 4) is 28.4 Å². The number of anilines is 3. The molecule has 0 aliphatic carbocycles. The van der Waals surface area contributed by atoms with Gasteiger partial charge in [0.1, 0.15) is 17.3 Å². The van der Waals surface area contributed by atoms with E-state index in [1.807, 2.05) is 12.3 Å². The van der Waals surface area contributed by atoms with Gasteiger partial charge in [-0.3, -0.25) is 4.57 Å². The molecule has 5 nitrogen and oxygen atoms in total. The highest BCUT2D eigenvalue weighted by molar-refractivity contribution is 6.09. The molecule has 238 valence electrons. The second kappa shape index (κ2) is 11.9. The minimum absolute atomic E-state index is 0.405. The highest BCUT2D eigenvalue weighted by Gasteiger charge is 2.24. The van der Waals surface area contributed by atoms with Gasteiger partial charge in [0, 0.05) is 41.8 Å². The highest BCUT2D eigenvalue weighted by atomic mass is 16.5. The number of hydrogen-bond donors (Lipinski definition) is 0. The minimum atomic E-state index is 0.405. The first kappa shape index (κ1) is 29.8. The summed E-state index contributed by atoms with van der Waals surface area (Å²) in [5.74, 6) is 3.29. The molecule has 0 radical (unpaired) electrons. The summed E-state index contributed by atoms with van der Waals surface area (Å²) in [4.78, 5) is 9.55. The molecule has 1 aliphatic heterocycles. The second-order valence-corrected chi connectivity index (χ2v) is 13.4. The Bertz CT molecular complexity index is 2270. The van der Waals surface area contributed by atoms with Gasteiger partial charge in [-0.25, -0.2) is 4.98 Å². The lowest BCUT2D eigenvalue weighted by Crippen LogP contribution is -2.23. The third-order valence-corrected chi connectivity index (χ3v) is 9.58. The topological polar surface area (TPSA) is 33.5 Å². The lowest BCUT2D eigenvalue weighted by molar-refractivity contribution is 0.483. The molecule has 8 rings (SSSR count). The fraction of sp³-hybridized carbons (Fsp3) is 0.186. The van der Waals surface area contributed by atoms with Crippen LogP contribution in [0.5, 0.6) is 11.5 Å². The smallest absolute Gasteiger partial charge is 0.138 e. The van der Waals surface area contributed by atoms with Crippen LogP contribution < -0.4 is 14.5 Å². The van der Waals surface area contributed by atoms with E-state index in [1.165, 1.54) is 44.4 Å². The Morgan fingerprint density at radius 3 is 2.10 bits per heavy atom. The van der Waals surface area contributed by atoms with Crippen molar-refractivity contribution in [2.45, 2.75) is 39.5 Å². The maximum absolute atomic E-state index is 6.59. The van der Waals surface area contributed by atoms with Gasteiger partial charge in [-0.05, 0) is 88.7 Å². The molecule has 0 saturated heterocycles. The van der Waals surface area contributed by atoms with Crippen molar-refractivity contribution < 1.29 is 4.74 Å². The van der Waals surface area contributed by atoms with E-state index in [-0.39, 0.29) is 0 Å². The van der Waals surface area contributed by atoms with Gasteiger partial charge in [-0.1, -0.05) is 82.3 Å². The molecule has 5 heteroatoms. The molecule has 48 heavy (non-hydrogen) atoms. The Hall–Kier alpha value is -5.55. The van der Waals surface area contributed by atoms with Crippen LogP contribution in [0.1, 0.15) is 50.7 Å². The molecule has 0 amide bonds. The largest absolute Gasteiger partial charge is 0.457 e. The van der Waals surface area contributed by atoms with E-state index in [9.17, 15) is 0 Å². The Balaban J connectivity index is 1.22. The molecule has 0 saturated carbocycles. The molecule has 0 unspecified atom stereocenters. The lowest BCUT2D eigenvalue weighted by atomic mass is 9.85. The molecular formula is C43H40N4O. The van der Waals surface area contributed by atoms with E-state index in [0.29, 0.717) is 11.8 Å². The van der Waals surface area contributed by atoms with Crippen LogP contribution in [0.4, 0.5) is 17.1 Å². The Kier molecular flexibility index (Phi) is 7.40. The van der Waals surface area contributed by atoms with Crippen LogP contribution in [0.15, 0.2) is 128 Å². The van der Waals surface area contributed by atoms with Gasteiger partial charge in [0.2, 0.25) is 0 Å². The van der Waals surface area contributed by atoms with E-state index in [0.717, 1.165) is 40.7 Å². The summed E-state index contributed by atoms with van der Waals surface area (Å²) in [6.45, 7) is 9.89. The van der Waals surface area contributed by atoms with Gasteiger partial charge in [-0.15, -0.1) is 0 Å². The first-order valence-corrected chi connectivity index (χ1v) is 16.9. The van der Waals surface area contributed by atoms with Crippen LogP contribution in [0, 0.1) is 0 Å². The standard InChI is InChI=1S/C43H40N4O/c1-28(2)34-15-11-16-35(29(3)4)43(34)30-22-23-44-42(24-30)47-38-17-7-6-14-36(38)37-21-20-33(26-41(37)47)48-32-13-10-12-31(25-32)46-27-45(5)39-18-8-9-19-40(39)46/h6-26,28-29H,27H2,1-5H3. The van der Waals surface area contributed by atoms with Gasteiger partial charge in [-0.2, -0.15) is 0 Å². The van der Waals surface area contributed by atoms with E-state index in [4.69, 9.17) is 9.72 Å². The number of hydrogen-bond acceptors (Lipinski definition) is 4. The van der Waals surface area contributed by atoms with E-state index in [2.05, 4.69) is 164 Å². The highest BCUT2D eigenvalue weighted by Crippen LogP contribution is 2.42. The first-order valence-electron chi connectivity index (χ1n) is 16.9. The van der Waals surface area contributed by atoms with Crippen LogP contribution in [0.25, 0.3) is 38.8 Å². The zero-order valence-corrected chi connectivity index (χ0v) is 28.2. The monoisotopic (exact) mass is 628 g/mol. The summed E-state index contributed by atoms with van der Waals surface area (Å²) < 4.78 is 8.87. The number of fused-ring (bicyclic) bond motifs is 4. The maximum Gasteiger partial charge on any atom is 0.138 e. The predicted molar refractivity (Wildman–Crippen MR) is 201 cm³/mol. The van der Waals surface area contributed by atoms with Gasteiger partial charge < -0.3 is 14.5 Å².